The van der Waals surface area contributed by atoms with Gasteiger partial charge in [-0.3, -0.25) is 4.79 Å². The summed E-state index contributed by atoms with van der Waals surface area (Å²) < 4.78 is 5.03. The van der Waals surface area contributed by atoms with Gasteiger partial charge in [-0.05, 0) is 30.5 Å². The average Bonchev–Trinajstić information content (AvgIpc) is 3.25. The number of ether oxygens (including phenoxy) is 1. The van der Waals surface area contributed by atoms with Crippen LogP contribution in [0.5, 0.6) is 0 Å². The van der Waals surface area contributed by atoms with E-state index in [-0.39, 0.29) is 12.5 Å². The number of halogens is 1. The molecule has 1 aliphatic carbocycles. The molecule has 0 atom stereocenters. The van der Waals surface area contributed by atoms with Gasteiger partial charge in [-0.15, -0.1) is 0 Å². The van der Waals surface area contributed by atoms with Crippen LogP contribution in [0, 0.1) is 0 Å². The minimum atomic E-state index is -0.423. The lowest BCUT2D eigenvalue weighted by Crippen LogP contribution is -2.42. The third kappa shape index (κ3) is 3.14. The fourth-order valence-corrected chi connectivity index (χ4v) is 2.59. The van der Waals surface area contributed by atoms with E-state index < -0.39 is 5.41 Å². The molecular weight excluding hydrogens is 278 g/mol. The lowest BCUT2D eigenvalue weighted by molar-refractivity contribution is -0.135. The van der Waals surface area contributed by atoms with E-state index in [0.717, 1.165) is 18.4 Å². The summed E-state index contributed by atoms with van der Waals surface area (Å²) in [5.74, 6) is 0.0749. The molecule has 2 rings (SSSR count). The molecular formula is C15H20ClNO3. The van der Waals surface area contributed by atoms with Gasteiger partial charge in [-0.25, -0.2) is 0 Å². The molecule has 110 valence electrons. The van der Waals surface area contributed by atoms with Crippen LogP contribution in [0.15, 0.2) is 24.3 Å². The first-order valence-corrected chi connectivity index (χ1v) is 7.17. The van der Waals surface area contributed by atoms with Crippen LogP contribution in [0.2, 0.25) is 5.02 Å². The summed E-state index contributed by atoms with van der Waals surface area (Å²) in [6, 6.07) is 7.47. The van der Waals surface area contributed by atoms with Crippen molar-refractivity contribution >= 4 is 17.5 Å². The van der Waals surface area contributed by atoms with Gasteiger partial charge >= 0.3 is 0 Å². The number of hydrogen-bond acceptors (Lipinski definition) is 3. The fourth-order valence-electron chi connectivity index (χ4n) is 2.46. The number of carbonyl (C=O) groups excluding carboxylic acids is 1. The summed E-state index contributed by atoms with van der Waals surface area (Å²) in [6.07, 6.45) is 1.70. The highest BCUT2D eigenvalue weighted by Crippen LogP contribution is 2.49. The van der Waals surface area contributed by atoms with Crippen molar-refractivity contribution in [3.05, 3.63) is 34.9 Å². The largest absolute Gasteiger partial charge is 0.395 e. The van der Waals surface area contributed by atoms with Crippen LogP contribution >= 0.6 is 11.6 Å². The van der Waals surface area contributed by atoms with Gasteiger partial charge in [0, 0.05) is 25.2 Å². The van der Waals surface area contributed by atoms with Crippen molar-refractivity contribution < 1.29 is 14.6 Å². The molecule has 0 bridgehead atoms. The van der Waals surface area contributed by atoms with Crippen molar-refractivity contribution in [1.29, 1.82) is 0 Å². The Morgan fingerprint density at radius 3 is 2.50 bits per heavy atom. The summed E-state index contributed by atoms with van der Waals surface area (Å²) in [5, 5.41) is 9.80. The summed E-state index contributed by atoms with van der Waals surface area (Å²) in [5.41, 5.74) is 0.584. The third-order valence-corrected chi connectivity index (χ3v) is 4.03. The summed E-state index contributed by atoms with van der Waals surface area (Å²) in [7, 11) is 1.60. The van der Waals surface area contributed by atoms with Gasteiger partial charge in [0.1, 0.15) is 0 Å². The Morgan fingerprint density at radius 2 is 2.00 bits per heavy atom. The molecule has 0 unspecified atom stereocenters. The molecule has 0 aliphatic heterocycles. The van der Waals surface area contributed by atoms with E-state index in [2.05, 4.69) is 0 Å². The van der Waals surface area contributed by atoms with Gasteiger partial charge in [0.05, 0.1) is 18.6 Å². The minimum Gasteiger partial charge on any atom is -0.395 e. The highest BCUT2D eigenvalue weighted by molar-refractivity contribution is 6.30. The van der Waals surface area contributed by atoms with Crippen molar-refractivity contribution in [2.24, 2.45) is 0 Å². The number of hydrogen-bond donors (Lipinski definition) is 1. The first-order valence-electron chi connectivity index (χ1n) is 6.79. The monoisotopic (exact) mass is 297 g/mol. The number of benzene rings is 1. The van der Waals surface area contributed by atoms with Crippen molar-refractivity contribution in [2.75, 3.05) is 33.4 Å². The van der Waals surface area contributed by atoms with Gasteiger partial charge in [0.25, 0.3) is 0 Å². The standard InChI is InChI=1S/C15H20ClNO3/c1-20-11-9-17(8-10-18)14(19)15(6-7-15)12-2-4-13(16)5-3-12/h2-5,18H,6-11H2,1H3. The van der Waals surface area contributed by atoms with E-state index in [9.17, 15) is 4.79 Å². The predicted octanol–water partition coefficient (Wildman–Crippen LogP) is 1.84. The Balaban J connectivity index is 2.15. The number of methoxy groups -OCH3 is 1. The number of amides is 1. The van der Waals surface area contributed by atoms with Gasteiger partial charge in [0.2, 0.25) is 5.91 Å². The Bertz CT molecular complexity index is 457. The maximum Gasteiger partial charge on any atom is 0.233 e. The van der Waals surface area contributed by atoms with E-state index in [4.69, 9.17) is 21.4 Å². The van der Waals surface area contributed by atoms with E-state index in [1.165, 1.54) is 0 Å². The summed E-state index contributed by atoms with van der Waals surface area (Å²) in [4.78, 5) is 14.4. The van der Waals surface area contributed by atoms with Crippen molar-refractivity contribution in [3.8, 4) is 0 Å². The molecule has 1 aromatic rings. The SMILES string of the molecule is COCCN(CCO)C(=O)C1(c2ccc(Cl)cc2)CC1. The molecule has 4 nitrogen and oxygen atoms in total. The number of carbonyl (C=O) groups is 1. The Labute approximate surface area is 124 Å². The van der Waals surface area contributed by atoms with Crippen LogP contribution in [0.25, 0.3) is 0 Å². The maximum atomic E-state index is 12.7. The lowest BCUT2D eigenvalue weighted by atomic mass is 9.94. The molecule has 0 aromatic heterocycles. The maximum absolute atomic E-state index is 12.7. The topological polar surface area (TPSA) is 49.8 Å². The Morgan fingerprint density at radius 1 is 1.35 bits per heavy atom. The molecule has 0 heterocycles. The average molecular weight is 298 g/mol. The fraction of sp³-hybridized carbons (Fsp3) is 0.533. The Hall–Kier alpha value is -1.10. The summed E-state index contributed by atoms with van der Waals surface area (Å²) in [6.45, 7) is 1.29. The zero-order valence-corrected chi connectivity index (χ0v) is 12.4. The molecule has 1 fully saturated rings. The second-order valence-corrected chi connectivity index (χ2v) is 5.53. The number of aliphatic hydroxyl groups is 1. The normalized spacial score (nSPS) is 15.9. The van der Waals surface area contributed by atoms with E-state index >= 15 is 0 Å². The molecule has 0 spiro atoms. The van der Waals surface area contributed by atoms with Crippen molar-refractivity contribution in [2.45, 2.75) is 18.3 Å². The van der Waals surface area contributed by atoms with Crippen LogP contribution in [0.3, 0.4) is 0 Å². The third-order valence-electron chi connectivity index (χ3n) is 3.78. The van der Waals surface area contributed by atoms with Gasteiger partial charge in [-0.2, -0.15) is 0 Å². The van der Waals surface area contributed by atoms with Gasteiger partial charge in [-0.1, -0.05) is 23.7 Å². The van der Waals surface area contributed by atoms with Crippen molar-refractivity contribution in [1.82, 2.24) is 4.90 Å². The molecule has 1 aliphatic rings. The van der Waals surface area contributed by atoms with E-state index in [1.54, 1.807) is 12.0 Å². The molecule has 1 saturated carbocycles. The second-order valence-electron chi connectivity index (χ2n) is 5.10. The van der Waals surface area contributed by atoms with E-state index in [0.29, 0.717) is 24.7 Å². The molecule has 1 N–H and O–H groups in total. The number of aliphatic hydroxyl groups excluding tert-OH is 1. The van der Waals surface area contributed by atoms with Gasteiger partial charge < -0.3 is 14.7 Å². The second kappa shape index (κ2) is 6.57. The quantitative estimate of drug-likeness (QED) is 0.835. The molecule has 20 heavy (non-hydrogen) atoms. The molecule has 0 radical (unpaired) electrons. The van der Waals surface area contributed by atoms with Crippen LogP contribution < -0.4 is 0 Å². The smallest absolute Gasteiger partial charge is 0.233 e. The highest BCUT2D eigenvalue weighted by Gasteiger charge is 2.52. The Kier molecular flexibility index (Phi) is 5.02. The molecule has 1 aromatic carbocycles. The van der Waals surface area contributed by atoms with Crippen LogP contribution in [-0.2, 0) is 14.9 Å². The highest BCUT2D eigenvalue weighted by atomic mass is 35.5. The van der Waals surface area contributed by atoms with Crippen LogP contribution in [0.1, 0.15) is 18.4 Å². The lowest BCUT2D eigenvalue weighted by Gasteiger charge is -2.27. The first-order chi connectivity index (χ1) is 9.64. The molecule has 1 amide bonds. The minimum absolute atomic E-state index is 0.0356. The zero-order chi connectivity index (χ0) is 14.6. The van der Waals surface area contributed by atoms with Crippen LogP contribution in [0.4, 0.5) is 0 Å². The first kappa shape index (κ1) is 15.3. The number of rotatable bonds is 7. The molecule has 5 heteroatoms. The molecule has 0 saturated heterocycles. The van der Waals surface area contributed by atoms with Gasteiger partial charge in [0.15, 0.2) is 0 Å². The zero-order valence-electron chi connectivity index (χ0n) is 11.6. The predicted molar refractivity (Wildman–Crippen MR) is 77.9 cm³/mol. The summed E-state index contributed by atoms with van der Waals surface area (Å²) >= 11 is 5.90. The van der Waals surface area contributed by atoms with Crippen LogP contribution in [-0.4, -0.2) is 49.3 Å². The van der Waals surface area contributed by atoms with Crippen molar-refractivity contribution in [3.63, 3.8) is 0 Å². The number of nitrogens with zero attached hydrogens (tertiary/aromatic N) is 1. The van der Waals surface area contributed by atoms with E-state index in [1.807, 2.05) is 24.3 Å².